The molecule has 0 spiro atoms. The maximum Gasteiger partial charge on any atom is 0.416 e. The van der Waals surface area contributed by atoms with Crippen LogP contribution in [0.15, 0.2) is 91.1 Å². The van der Waals surface area contributed by atoms with E-state index in [9.17, 15) is 18.0 Å². The van der Waals surface area contributed by atoms with Crippen LogP contribution < -0.4 is 10.1 Å². The second-order valence-electron chi connectivity index (χ2n) is 11.1. The second kappa shape index (κ2) is 13.9. The molecule has 1 aliphatic heterocycles. The fourth-order valence-electron chi connectivity index (χ4n) is 5.53. The Labute approximate surface area is 269 Å². The van der Waals surface area contributed by atoms with E-state index in [2.05, 4.69) is 20.3 Å². The molecule has 47 heavy (non-hydrogen) atoms. The first-order valence-corrected chi connectivity index (χ1v) is 15.2. The molecule has 1 atom stereocenters. The highest BCUT2D eigenvalue weighted by Gasteiger charge is 2.34. The highest BCUT2D eigenvalue weighted by Crippen LogP contribution is 2.38. The van der Waals surface area contributed by atoms with Gasteiger partial charge in [0.25, 0.3) is 0 Å². The second-order valence-corrected chi connectivity index (χ2v) is 11.1. The Morgan fingerprint density at radius 2 is 1.79 bits per heavy atom. The van der Waals surface area contributed by atoms with Gasteiger partial charge in [0.2, 0.25) is 5.95 Å². The summed E-state index contributed by atoms with van der Waals surface area (Å²) in [5.41, 5.74) is 2.44. The summed E-state index contributed by atoms with van der Waals surface area (Å²) >= 11 is 0. The van der Waals surface area contributed by atoms with Crippen molar-refractivity contribution in [3.63, 3.8) is 0 Å². The molecule has 5 aromatic rings. The van der Waals surface area contributed by atoms with E-state index in [-0.39, 0.29) is 17.9 Å². The molecule has 2 aromatic heterocycles. The molecule has 1 aliphatic rings. The molecule has 242 valence electrons. The number of rotatable bonds is 9. The topological polar surface area (TPSA) is 105 Å². The van der Waals surface area contributed by atoms with Gasteiger partial charge in [0.1, 0.15) is 18.2 Å². The Balaban J connectivity index is 1.32. The zero-order valence-electron chi connectivity index (χ0n) is 25.6. The first-order valence-electron chi connectivity index (χ1n) is 15.2. The average Bonchev–Trinajstić information content (AvgIpc) is 3.56. The molecule has 1 unspecified atom stereocenters. The monoisotopic (exact) mass is 642 g/mol. The number of H-pyrrole nitrogens is 1. The third kappa shape index (κ3) is 7.54. The van der Waals surface area contributed by atoms with Gasteiger partial charge in [-0.1, -0.05) is 54.6 Å². The van der Waals surface area contributed by atoms with Crippen LogP contribution in [-0.2, 0) is 24.1 Å². The molecule has 1 amide bonds. The molecule has 12 heteroatoms. The smallest absolute Gasteiger partial charge is 0.416 e. The molecule has 0 bridgehead atoms. The number of methoxy groups -OCH3 is 1. The van der Waals surface area contributed by atoms with E-state index < -0.39 is 23.9 Å². The summed E-state index contributed by atoms with van der Waals surface area (Å²) < 4.78 is 52.1. The van der Waals surface area contributed by atoms with Gasteiger partial charge in [-0.3, -0.25) is 4.90 Å². The maximum atomic E-state index is 13.7. The number of carbonyl (C=O) groups is 1. The van der Waals surface area contributed by atoms with Crippen LogP contribution in [0.3, 0.4) is 0 Å². The fraction of sp³-hybridized carbons (Fsp3) is 0.257. The summed E-state index contributed by atoms with van der Waals surface area (Å²) in [7, 11) is 1.60. The van der Waals surface area contributed by atoms with Gasteiger partial charge >= 0.3 is 12.3 Å². The molecule has 0 radical (unpaired) electrons. The summed E-state index contributed by atoms with van der Waals surface area (Å²) in [5, 5.41) is 3.20. The molecule has 0 aliphatic carbocycles. The lowest BCUT2D eigenvalue weighted by atomic mass is 10.0. The highest BCUT2D eigenvalue weighted by atomic mass is 19.4. The van der Waals surface area contributed by atoms with Gasteiger partial charge in [0, 0.05) is 24.8 Å². The number of likely N-dealkylation sites (tertiary alicyclic amines) is 1. The molecule has 0 saturated carbocycles. The van der Waals surface area contributed by atoms with Crippen LogP contribution in [0.2, 0.25) is 0 Å². The van der Waals surface area contributed by atoms with Crippen molar-refractivity contribution >= 4 is 12.0 Å². The molecule has 1 saturated heterocycles. The maximum absolute atomic E-state index is 13.7. The predicted molar refractivity (Wildman–Crippen MR) is 170 cm³/mol. The number of benzene rings is 3. The molecule has 6 rings (SSSR count). The Bertz CT molecular complexity index is 1810. The first kappa shape index (κ1) is 31.6. The van der Waals surface area contributed by atoms with Gasteiger partial charge in [-0.2, -0.15) is 13.2 Å². The highest BCUT2D eigenvalue weighted by molar-refractivity contribution is 5.78. The lowest BCUT2D eigenvalue weighted by molar-refractivity contribution is -0.137. The van der Waals surface area contributed by atoms with Crippen molar-refractivity contribution in [3.05, 3.63) is 114 Å². The van der Waals surface area contributed by atoms with E-state index >= 15 is 0 Å². The largest absolute Gasteiger partial charge is 0.497 e. The van der Waals surface area contributed by atoms with Gasteiger partial charge in [0.05, 0.1) is 35.8 Å². The van der Waals surface area contributed by atoms with E-state index in [4.69, 9.17) is 14.5 Å². The predicted octanol–water partition coefficient (Wildman–Crippen LogP) is 8.04. The number of anilines is 1. The first-order chi connectivity index (χ1) is 22.8. The number of imidazole rings is 1. The van der Waals surface area contributed by atoms with E-state index in [1.54, 1.807) is 30.3 Å². The van der Waals surface area contributed by atoms with E-state index in [0.717, 1.165) is 41.9 Å². The Kier molecular flexibility index (Phi) is 9.37. The quantitative estimate of drug-likeness (QED) is 0.168. The zero-order chi connectivity index (χ0) is 32.8. The SMILES string of the molecule is COc1ccc(CNc2nccc(-c3[nH]c(C4CCCCN4C(=O)OCc4ccccc4)nc3-c3cccc(C(F)(F)F)c3)n2)cc1. The summed E-state index contributed by atoms with van der Waals surface area (Å²) in [4.78, 5) is 32.1. The number of aromatic amines is 1. The number of amides is 1. The number of nitrogens with one attached hydrogen (secondary N) is 2. The summed E-state index contributed by atoms with van der Waals surface area (Å²) in [6.45, 7) is 1.01. The van der Waals surface area contributed by atoms with Gasteiger partial charge < -0.3 is 19.8 Å². The van der Waals surface area contributed by atoms with Crippen LogP contribution in [0, 0.1) is 0 Å². The lowest BCUT2D eigenvalue weighted by Gasteiger charge is -2.33. The van der Waals surface area contributed by atoms with Crippen molar-refractivity contribution in [1.82, 2.24) is 24.8 Å². The Hall–Kier alpha value is -5.39. The van der Waals surface area contributed by atoms with Crippen LogP contribution >= 0.6 is 0 Å². The van der Waals surface area contributed by atoms with E-state index in [1.807, 2.05) is 54.6 Å². The van der Waals surface area contributed by atoms with Gasteiger partial charge in [0.15, 0.2) is 0 Å². The molecule has 2 N–H and O–H groups in total. The van der Waals surface area contributed by atoms with Gasteiger partial charge in [-0.25, -0.2) is 19.7 Å². The zero-order valence-corrected chi connectivity index (χ0v) is 25.6. The van der Waals surface area contributed by atoms with Crippen LogP contribution in [0.1, 0.15) is 47.8 Å². The summed E-state index contributed by atoms with van der Waals surface area (Å²) in [5.74, 6) is 1.51. The molecule has 9 nitrogen and oxygen atoms in total. The van der Waals surface area contributed by atoms with Crippen molar-refractivity contribution in [1.29, 1.82) is 0 Å². The molecule has 3 aromatic carbocycles. The van der Waals surface area contributed by atoms with E-state index in [0.29, 0.717) is 42.7 Å². The van der Waals surface area contributed by atoms with E-state index in [1.165, 1.54) is 6.07 Å². The third-order valence-corrected chi connectivity index (χ3v) is 7.96. The van der Waals surface area contributed by atoms with Crippen LogP contribution in [0.4, 0.5) is 23.9 Å². The van der Waals surface area contributed by atoms with Crippen molar-refractivity contribution < 1.29 is 27.4 Å². The minimum Gasteiger partial charge on any atom is -0.497 e. The lowest BCUT2D eigenvalue weighted by Crippen LogP contribution is -2.39. The number of ether oxygens (including phenoxy) is 2. The number of piperidine rings is 1. The van der Waals surface area contributed by atoms with Crippen LogP contribution in [0.5, 0.6) is 5.75 Å². The number of aromatic nitrogens is 4. The standard InChI is InChI=1S/C35H33F3N6O3/c1-46-27-15-13-23(14-16-27)21-40-33-39-18-17-28(41-33)31-30(25-10-7-11-26(20-25)35(36,37)38)42-32(43-31)29-12-5-6-19-44(29)34(45)47-22-24-8-3-2-4-9-24/h2-4,7-11,13-18,20,29H,5-6,12,19,21-22H2,1H3,(H,42,43)(H,39,40,41). The summed E-state index contributed by atoms with van der Waals surface area (Å²) in [6.07, 6.45) is -1.21. The Morgan fingerprint density at radius 3 is 2.55 bits per heavy atom. The van der Waals surface area contributed by atoms with Crippen molar-refractivity contribution in [2.24, 2.45) is 0 Å². The minimum atomic E-state index is -4.54. The summed E-state index contributed by atoms with van der Waals surface area (Å²) in [6, 6.07) is 23.2. The number of hydrogen-bond acceptors (Lipinski definition) is 7. The molecular weight excluding hydrogens is 609 g/mol. The minimum absolute atomic E-state index is 0.120. The van der Waals surface area contributed by atoms with Crippen molar-refractivity contribution in [2.45, 2.75) is 44.6 Å². The normalized spacial score (nSPS) is 14.9. The average molecular weight is 643 g/mol. The molecular formula is C35H33F3N6O3. The number of alkyl halides is 3. The molecule has 3 heterocycles. The van der Waals surface area contributed by atoms with Crippen LogP contribution in [0.25, 0.3) is 22.6 Å². The van der Waals surface area contributed by atoms with Crippen molar-refractivity contribution in [2.75, 3.05) is 19.0 Å². The number of halogens is 3. The molecule has 1 fully saturated rings. The van der Waals surface area contributed by atoms with Gasteiger partial charge in [-0.05, 0) is 60.7 Å². The number of carbonyl (C=O) groups excluding carboxylic acids is 1. The van der Waals surface area contributed by atoms with Gasteiger partial charge in [-0.15, -0.1) is 0 Å². The third-order valence-electron chi connectivity index (χ3n) is 7.96. The number of nitrogens with zero attached hydrogens (tertiary/aromatic N) is 4. The number of hydrogen-bond donors (Lipinski definition) is 2. The van der Waals surface area contributed by atoms with Crippen molar-refractivity contribution in [3.8, 4) is 28.4 Å². The Morgan fingerprint density at radius 1 is 0.979 bits per heavy atom. The fourth-order valence-corrected chi connectivity index (χ4v) is 5.53. The van der Waals surface area contributed by atoms with Crippen LogP contribution in [-0.4, -0.2) is 44.6 Å².